The van der Waals surface area contributed by atoms with Gasteiger partial charge < -0.3 is 25.8 Å². The van der Waals surface area contributed by atoms with Gasteiger partial charge in [0.05, 0.1) is 19.8 Å². The summed E-state index contributed by atoms with van der Waals surface area (Å²) in [7, 11) is 1.53. The Morgan fingerprint density at radius 1 is 1.12 bits per heavy atom. The number of primary amides is 1. The lowest BCUT2D eigenvalue weighted by atomic mass is 10.1. The van der Waals surface area contributed by atoms with Gasteiger partial charge in [-0.1, -0.05) is 12.1 Å². The van der Waals surface area contributed by atoms with Crippen LogP contribution in [0.25, 0.3) is 0 Å². The molecule has 1 unspecified atom stereocenters. The molecule has 0 aliphatic heterocycles. The topological polar surface area (TPSA) is 103 Å². The Bertz CT molecular complexity index is 775. The van der Waals surface area contributed by atoms with Crippen LogP contribution >= 0.6 is 0 Å². The van der Waals surface area contributed by atoms with Crippen LogP contribution < -0.4 is 25.8 Å². The van der Waals surface area contributed by atoms with E-state index in [1.807, 2.05) is 26.0 Å². The smallest absolute Gasteiger partial charge is 0.316 e. The molecule has 2 aromatic carbocycles. The van der Waals surface area contributed by atoms with E-state index in [2.05, 4.69) is 10.6 Å². The molecular formula is C19H23N3O4. The highest BCUT2D eigenvalue weighted by Crippen LogP contribution is 2.28. The van der Waals surface area contributed by atoms with Crippen molar-refractivity contribution in [2.24, 2.45) is 5.73 Å². The molecule has 7 nitrogen and oxygen atoms in total. The van der Waals surface area contributed by atoms with Gasteiger partial charge in [-0.3, -0.25) is 4.79 Å². The molecule has 0 bridgehead atoms. The standard InChI is InChI=1S/C19H23N3O4/c1-4-26-16-10-7-14(11-17(16)25-3)18(23)21-12(2)13-5-8-15(9-6-13)22-19(20)24/h5-12H,4H2,1-3H3,(H,21,23)(H3,20,22,24). The molecule has 0 aliphatic carbocycles. The van der Waals surface area contributed by atoms with Gasteiger partial charge in [0.15, 0.2) is 11.5 Å². The van der Waals surface area contributed by atoms with Crippen molar-refractivity contribution in [1.29, 1.82) is 0 Å². The van der Waals surface area contributed by atoms with Gasteiger partial charge in [0.25, 0.3) is 5.91 Å². The summed E-state index contributed by atoms with van der Waals surface area (Å²) in [5.41, 5.74) is 7.04. The first-order valence-corrected chi connectivity index (χ1v) is 8.22. The molecule has 0 spiro atoms. The second-order valence-electron chi connectivity index (χ2n) is 5.61. The first-order chi connectivity index (χ1) is 12.4. The van der Waals surface area contributed by atoms with Crippen molar-refractivity contribution in [2.45, 2.75) is 19.9 Å². The normalized spacial score (nSPS) is 11.3. The van der Waals surface area contributed by atoms with Gasteiger partial charge in [0.2, 0.25) is 0 Å². The molecule has 7 heteroatoms. The van der Waals surface area contributed by atoms with Crippen molar-refractivity contribution in [2.75, 3.05) is 19.0 Å². The number of rotatable bonds is 7. The zero-order chi connectivity index (χ0) is 19.1. The number of carbonyl (C=O) groups is 2. The Balaban J connectivity index is 2.07. The third-order valence-corrected chi connectivity index (χ3v) is 3.75. The second-order valence-corrected chi connectivity index (χ2v) is 5.61. The molecule has 26 heavy (non-hydrogen) atoms. The number of nitrogens with one attached hydrogen (secondary N) is 2. The number of carbonyl (C=O) groups excluding carboxylic acids is 2. The Kier molecular flexibility index (Phi) is 6.43. The molecule has 0 saturated heterocycles. The number of benzene rings is 2. The lowest BCUT2D eigenvalue weighted by Gasteiger charge is -2.16. The summed E-state index contributed by atoms with van der Waals surface area (Å²) in [6, 6.07) is 11.3. The number of nitrogens with two attached hydrogens (primary N) is 1. The number of anilines is 1. The highest BCUT2D eigenvalue weighted by atomic mass is 16.5. The van der Waals surface area contributed by atoms with Gasteiger partial charge in [-0.05, 0) is 49.7 Å². The minimum absolute atomic E-state index is 0.220. The average Bonchev–Trinajstić information content (AvgIpc) is 2.62. The van der Waals surface area contributed by atoms with Crippen LogP contribution in [-0.2, 0) is 0 Å². The Labute approximate surface area is 152 Å². The molecule has 138 valence electrons. The molecule has 3 amide bonds. The van der Waals surface area contributed by atoms with Crippen LogP contribution in [0.4, 0.5) is 10.5 Å². The summed E-state index contributed by atoms with van der Waals surface area (Å²) in [6.45, 7) is 4.27. The number of hydrogen-bond acceptors (Lipinski definition) is 4. The fraction of sp³-hybridized carbons (Fsp3) is 0.263. The van der Waals surface area contributed by atoms with Crippen molar-refractivity contribution in [1.82, 2.24) is 5.32 Å². The largest absolute Gasteiger partial charge is 0.493 e. The molecule has 0 heterocycles. The third-order valence-electron chi connectivity index (χ3n) is 3.75. The third kappa shape index (κ3) is 4.89. The Morgan fingerprint density at radius 2 is 1.81 bits per heavy atom. The van der Waals surface area contributed by atoms with E-state index in [-0.39, 0.29) is 11.9 Å². The van der Waals surface area contributed by atoms with Gasteiger partial charge in [0, 0.05) is 11.3 Å². The van der Waals surface area contributed by atoms with E-state index in [1.54, 1.807) is 30.3 Å². The van der Waals surface area contributed by atoms with Gasteiger partial charge in [-0.2, -0.15) is 0 Å². The lowest BCUT2D eigenvalue weighted by molar-refractivity contribution is 0.0939. The summed E-state index contributed by atoms with van der Waals surface area (Å²) in [6.07, 6.45) is 0. The monoisotopic (exact) mass is 357 g/mol. The highest BCUT2D eigenvalue weighted by molar-refractivity contribution is 5.95. The summed E-state index contributed by atoms with van der Waals surface area (Å²) >= 11 is 0. The minimum atomic E-state index is -0.622. The number of hydrogen-bond donors (Lipinski definition) is 3. The molecule has 0 aromatic heterocycles. The van der Waals surface area contributed by atoms with Crippen molar-refractivity contribution < 1.29 is 19.1 Å². The van der Waals surface area contributed by atoms with E-state index < -0.39 is 6.03 Å². The van der Waals surface area contributed by atoms with Gasteiger partial charge >= 0.3 is 6.03 Å². The number of methoxy groups -OCH3 is 1. The van der Waals surface area contributed by atoms with Crippen LogP contribution in [0.3, 0.4) is 0 Å². The summed E-state index contributed by atoms with van der Waals surface area (Å²) in [5.74, 6) is 0.879. The molecule has 4 N–H and O–H groups in total. The van der Waals surface area contributed by atoms with Crippen LogP contribution in [0.2, 0.25) is 0 Å². The fourth-order valence-electron chi connectivity index (χ4n) is 2.44. The molecule has 2 aromatic rings. The zero-order valence-electron chi connectivity index (χ0n) is 15.0. The van der Waals surface area contributed by atoms with E-state index in [9.17, 15) is 9.59 Å². The number of ether oxygens (including phenoxy) is 2. The van der Waals surface area contributed by atoms with Crippen LogP contribution in [0, 0.1) is 0 Å². The first-order valence-electron chi connectivity index (χ1n) is 8.22. The van der Waals surface area contributed by atoms with Gasteiger partial charge in [0.1, 0.15) is 0 Å². The SMILES string of the molecule is CCOc1ccc(C(=O)NC(C)c2ccc(NC(N)=O)cc2)cc1OC. The average molecular weight is 357 g/mol. The molecule has 0 fully saturated rings. The van der Waals surface area contributed by atoms with Crippen LogP contribution in [0.1, 0.15) is 35.8 Å². The molecule has 0 radical (unpaired) electrons. The minimum Gasteiger partial charge on any atom is -0.493 e. The summed E-state index contributed by atoms with van der Waals surface area (Å²) < 4.78 is 10.7. The number of urea groups is 1. The molecule has 0 aliphatic rings. The number of amides is 3. The molecule has 1 atom stereocenters. The predicted molar refractivity (Wildman–Crippen MR) is 99.7 cm³/mol. The maximum absolute atomic E-state index is 12.5. The van der Waals surface area contributed by atoms with E-state index in [0.29, 0.717) is 29.4 Å². The Morgan fingerprint density at radius 3 is 2.38 bits per heavy atom. The summed E-state index contributed by atoms with van der Waals surface area (Å²) in [4.78, 5) is 23.3. The van der Waals surface area contributed by atoms with Crippen LogP contribution in [0.15, 0.2) is 42.5 Å². The maximum atomic E-state index is 12.5. The van der Waals surface area contributed by atoms with Crippen molar-refractivity contribution in [3.05, 3.63) is 53.6 Å². The Hall–Kier alpha value is -3.22. The molecular weight excluding hydrogens is 334 g/mol. The molecule has 0 saturated carbocycles. The van der Waals surface area contributed by atoms with E-state index in [0.717, 1.165) is 5.56 Å². The van der Waals surface area contributed by atoms with Gasteiger partial charge in [-0.25, -0.2) is 4.79 Å². The van der Waals surface area contributed by atoms with Gasteiger partial charge in [-0.15, -0.1) is 0 Å². The van der Waals surface area contributed by atoms with E-state index >= 15 is 0 Å². The quantitative estimate of drug-likeness (QED) is 0.708. The van der Waals surface area contributed by atoms with Crippen LogP contribution in [-0.4, -0.2) is 25.7 Å². The fourth-order valence-corrected chi connectivity index (χ4v) is 2.44. The maximum Gasteiger partial charge on any atom is 0.316 e. The second kappa shape index (κ2) is 8.75. The predicted octanol–water partition coefficient (Wildman–Crippen LogP) is 3.08. The lowest BCUT2D eigenvalue weighted by Crippen LogP contribution is -2.26. The summed E-state index contributed by atoms with van der Waals surface area (Å²) in [5, 5.41) is 5.42. The zero-order valence-corrected chi connectivity index (χ0v) is 15.0. The van der Waals surface area contributed by atoms with Crippen molar-refractivity contribution in [3.63, 3.8) is 0 Å². The van der Waals surface area contributed by atoms with Crippen molar-refractivity contribution in [3.8, 4) is 11.5 Å². The van der Waals surface area contributed by atoms with E-state index in [4.69, 9.17) is 15.2 Å². The van der Waals surface area contributed by atoms with E-state index in [1.165, 1.54) is 7.11 Å². The highest BCUT2D eigenvalue weighted by Gasteiger charge is 2.14. The first kappa shape index (κ1) is 19.1. The molecule has 2 rings (SSSR count). The van der Waals surface area contributed by atoms with Crippen LogP contribution in [0.5, 0.6) is 11.5 Å². The van der Waals surface area contributed by atoms with Crippen molar-refractivity contribution >= 4 is 17.6 Å².